The fraction of sp³-hybridized carbons (Fsp3) is 0.400. The first kappa shape index (κ1) is 14.6. The maximum absolute atomic E-state index is 11.9. The summed E-state index contributed by atoms with van der Waals surface area (Å²) in [6.07, 6.45) is 0. The number of carbonyl (C=O) groups is 1. The Labute approximate surface area is 106 Å². The average Bonchev–Trinajstić information content (AvgIpc) is 2.25. The molecule has 0 spiro atoms. The van der Waals surface area contributed by atoms with Crippen LogP contribution in [-0.2, 0) is 4.74 Å². The third-order valence-electron chi connectivity index (χ3n) is 1.78. The number of rotatable bonds is 4. The molecule has 0 N–H and O–H groups in total. The number of esters is 1. The van der Waals surface area contributed by atoms with E-state index < -0.39 is 23.5 Å². The van der Waals surface area contributed by atoms with Gasteiger partial charge in [-0.2, -0.15) is 13.2 Å². The summed E-state index contributed by atoms with van der Waals surface area (Å²) in [5.74, 6) is -0.791. The lowest BCUT2D eigenvalue weighted by Gasteiger charge is -2.08. The van der Waals surface area contributed by atoms with Gasteiger partial charge >= 0.3 is 11.5 Å². The van der Waals surface area contributed by atoms with Gasteiger partial charge in [0.2, 0.25) is 5.88 Å². The van der Waals surface area contributed by atoms with Crippen LogP contribution in [0.15, 0.2) is 12.1 Å². The second-order valence-electron chi connectivity index (χ2n) is 3.12. The molecule has 0 aromatic carbocycles. The summed E-state index contributed by atoms with van der Waals surface area (Å²) in [5.41, 5.74) is -4.06. The van der Waals surface area contributed by atoms with Gasteiger partial charge in [-0.25, -0.2) is 9.78 Å². The van der Waals surface area contributed by atoms with Crippen molar-refractivity contribution in [1.82, 2.24) is 4.98 Å². The van der Waals surface area contributed by atoms with Gasteiger partial charge in [0.15, 0.2) is 12.0 Å². The zero-order chi connectivity index (χ0) is 13.8. The third kappa shape index (κ3) is 4.44. The first-order valence-electron chi connectivity index (χ1n) is 4.90. The first-order chi connectivity index (χ1) is 8.33. The summed E-state index contributed by atoms with van der Waals surface area (Å²) < 4.78 is 44.8. The molecule has 1 aromatic heterocycles. The minimum atomic E-state index is -4.50. The van der Waals surface area contributed by atoms with Gasteiger partial charge in [-0.15, -0.1) is 0 Å². The standard InChI is InChI=1S/C10H10F3NO3S/c1-3-16-9(15)7-4-5-8(14-6(7)2)17-18-10(11,12)13/h4-5H,3H2,1-2H3. The van der Waals surface area contributed by atoms with Crippen molar-refractivity contribution >= 4 is 18.0 Å². The van der Waals surface area contributed by atoms with Gasteiger partial charge in [-0.05, 0) is 19.9 Å². The second kappa shape index (κ2) is 5.94. The Morgan fingerprint density at radius 2 is 2.11 bits per heavy atom. The molecule has 0 bridgehead atoms. The summed E-state index contributed by atoms with van der Waals surface area (Å²) in [6, 6.07) is 2.49. The molecule has 1 aromatic rings. The van der Waals surface area contributed by atoms with E-state index in [4.69, 9.17) is 4.74 Å². The number of hydrogen-bond donors (Lipinski definition) is 0. The number of carbonyl (C=O) groups excluding carboxylic acids is 1. The molecule has 1 rings (SSSR count). The Balaban J connectivity index is 2.76. The number of pyridine rings is 1. The van der Waals surface area contributed by atoms with E-state index in [-0.39, 0.29) is 23.7 Å². The molecule has 0 atom stereocenters. The Kier molecular flexibility index (Phi) is 4.83. The van der Waals surface area contributed by atoms with E-state index >= 15 is 0 Å². The van der Waals surface area contributed by atoms with Gasteiger partial charge < -0.3 is 8.92 Å². The number of alkyl halides is 3. The number of nitrogens with zero attached hydrogens (tertiary/aromatic N) is 1. The molecule has 4 nitrogen and oxygen atoms in total. The lowest BCUT2D eigenvalue weighted by atomic mass is 10.2. The van der Waals surface area contributed by atoms with Crippen LogP contribution in [0.25, 0.3) is 0 Å². The maximum Gasteiger partial charge on any atom is 0.479 e. The summed E-state index contributed by atoms with van der Waals surface area (Å²) in [5, 5.41) is 0. The number of ether oxygens (including phenoxy) is 1. The molecule has 0 fully saturated rings. The number of aromatic nitrogens is 1. The van der Waals surface area contributed by atoms with Gasteiger partial charge in [0.05, 0.1) is 17.9 Å². The van der Waals surface area contributed by atoms with E-state index in [1.165, 1.54) is 19.1 Å². The Bertz CT molecular complexity index is 437. The minimum absolute atomic E-state index is 0.196. The highest BCUT2D eigenvalue weighted by molar-refractivity contribution is 7.95. The van der Waals surface area contributed by atoms with E-state index in [1.54, 1.807) is 6.92 Å². The van der Waals surface area contributed by atoms with Crippen molar-refractivity contribution in [1.29, 1.82) is 0 Å². The summed E-state index contributed by atoms with van der Waals surface area (Å²) in [7, 11) is 0. The molecule has 0 amide bonds. The molecule has 8 heteroatoms. The number of halogens is 3. The van der Waals surface area contributed by atoms with Crippen LogP contribution in [-0.4, -0.2) is 23.1 Å². The van der Waals surface area contributed by atoms with Crippen LogP contribution in [0.5, 0.6) is 5.88 Å². The second-order valence-corrected chi connectivity index (χ2v) is 3.91. The van der Waals surface area contributed by atoms with Crippen LogP contribution in [0.4, 0.5) is 13.2 Å². The largest absolute Gasteiger partial charge is 0.479 e. The number of aryl methyl sites for hydroxylation is 1. The number of hydrogen-bond acceptors (Lipinski definition) is 5. The van der Waals surface area contributed by atoms with Crippen LogP contribution in [0.1, 0.15) is 23.0 Å². The molecule has 18 heavy (non-hydrogen) atoms. The Morgan fingerprint density at radius 1 is 1.44 bits per heavy atom. The van der Waals surface area contributed by atoms with E-state index in [0.717, 1.165) is 0 Å². The van der Waals surface area contributed by atoms with E-state index in [9.17, 15) is 18.0 Å². The van der Waals surface area contributed by atoms with Crippen molar-refractivity contribution in [3.63, 3.8) is 0 Å². The Morgan fingerprint density at radius 3 is 2.61 bits per heavy atom. The van der Waals surface area contributed by atoms with Gasteiger partial charge in [-0.3, -0.25) is 0 Å². The molecule has 100 valence electrons. The molecule has 1 heterocycles. The Hall–Kier alpha value is -1.44. The van der Waals surface area contributed by atoms with E-state index in [2.05, 4.69) is 9.17 Å². The summed E-state index contributed by atoms with van der Waals surface area (Å²) in [4.78, 5) is 15.1. The topological polar surface area (TPSA) is 48.4 Å². The summed E-state index contributed by atoms with van der Waals surface area (Å²) >= 11 is -0.659. The fourth-order valence-electron chi connectivity index (χ4n) is 1.10. The maximum atomic E-state index is 11.9. The molecule has 0 saturated heterocycles. The van der Waals surface area contributed by atoms with Crippen molar-refractivity contribution in [2.24, 2.45) is 0 Å². The molecular formula is C10H10F3NO3S. The normalized spacial score (nSPS) is 11.2. The minimum Gasteiger partial charge on any atom is -0.462 e. The van der Waals surface area contributed by atoms with Crippen LogP contribution >= 0.6 is 12.0 Å². The highest BCUT2D eigenvalue weighted by Gasteiger charge is 2.31. The molecule has 0 aliphatic rings. The van der Waals surface area contributed by atoms with Crippen LogP contribution in [0.2, 0.25) is 0 Å². The van der Waals surface area contributed by atoms with Gasteiger partial charge in [0.1, 0.15) is 0 Å². The third-order valence-corrected chi connectivity index (χ3v) is 2.22. The van der Waals surface area contributed by atoms with Crippen molar-refractivity contribution in [2.45, 2.75) is 19.4 Å². The lowest BCUT2D eigenvalue weighted by Crippen LogP contribution is -2.08. The molecular weight excluding hydrogens is 271 g/mol. The zero-order valence-electron chi connectivity index (χ0n) is 9.58. The first-order valence-corrected chi connectivity index (χ1v) is 5.65. The van der Waals surface area contributed by atoms with Crippen molar-refractivity contribution in [2.75, 3.05) is 6.61 Å². The van der Waals surface area contributed by atoms with Gasteiger partial charge in [0, 0.05) is 6.07 Å². The van der Waals surface area contributed by atoms with Crippen molar-refractivity contribution < 1.29 is 26.9 Å². The van der Waals surface area contributed by atoms with E-state index in [1.807, 2.05) is 0 Å². The van der Waals surface area contributed by atoms with Crippen LogP contribution in [0.3, 0.4) is 0 Å². The SMILES string of the molecule is CCOC(=O)c1ccc(OSC(F)(F)F)nc1C. The van der Waals surface area contributed by atoms with E-state index in [0.29, 0.717) is 0 Å². The van der Waals surface area contributed by atoms with Crippen LogP contribution in [0, 0.1) is 6.92 Å². The molecule has 0 radical (unpaired) electrons. The molecule has 0 unspecified atom stereocenters. The molecule has 0 aliphatic heterocycles. The predicted molar refractivity (Wildman–Crippen MR) is 59.2 cm³/mol. The molecule has 0 saturated carbocycles. The lowest BCUT2D eigenvalue weighted by molar-refractivity contribution is -0.0370. The summed E-state index contributed by atoms with van der Waals surface area (Å²) in [6.45, 7) is 3.34. The van der Waals surface area contributed by atoms with Gasteiger partial charge in [-0.1, -0.05) is 0 Å². The average molecular weight is 281 g/mol. The van der Waals surface area contributed by atoms with Crippen molar-refractivity contribution in [3.05, 3.63) is 23.4 Å². The smallest absolute Gasteiger partial charge is 0.462 e. The van der Waals surface area contributed by atoms with Crippen LogP contribution < -0.4 is 4.18 Å². The van der Waals surface area contributed by atoms with Crippen molar-refractivity contribution in [3.8, 4) is 5.88 Å². The van der Waals surface area contributed by atoms with Gasteiger partial charge in [0.25, 0.3) is 0 Å². The monoisotopic (exact) mass is 281 g/mol. The zero-order valence-corrected chi connectivity index (χ0v) is 10.4. The highest BCUT2D eigenvalue weighted by atomic mass is 32.2. The molecule has 0 aliphatic carbocycles. The predicted octanol–water partition coefficient (Wildman–Crippen LogP) is 3.11. The highest BCUT2D eigenvalue weighted by Crippen LogP contribution is 2.31. The fourth-order valence-corrected chi connectivity index (χ4v) is 1.37. The quantitative estimate of drug-likeness (QED) is 0.627.